The molecule has 0 unspecified atom stereocenters. The normalized spacial score (nSPS) is 20.8. The molecule has 7 nitrogen and oxygen atoms in total. The van der Waals surface area contributed by atoms with Crippen molar-refractivity contribution in [3.05, 3.63) is 52.8 Å². The van der Waals surface area contributed by atoms with Gasteiger partial charge in [0.25, 0.3) is 5.91 Å². The van der Waals surface area contributed by atoms with Crippen molar-refractivity contribution < 1.29 is 13.2 Å². The molecular formula is C23H29ClN4O3S. The van der Waals surface area contributed by atoms with Crippen LogP contribution in [0.25, 0.3) is 0 Å². The van der Waals surface area contributed by atoms with E-state index in [1.807, 2.05) is 33.0 Å². The Labute approximate surface area is 195 Å². The van der Waals surface area contributed by atoms with Gasteiger partial charge in [0.2, 0.25) is 10.0 Å². The molecular weight excluding hydrogens is 448 g/mol. The van der Waals surface area contributed by atoms with Crippen LogP contribution in [-0.4, -0.2) is 55.0 Å². The largest absolute Gasteiger partial charge is 0.369 e. The average Bonchev–Trinajstić information content (AvgIpc) is 3.30. The van der Waals surface area contributed by atoms with Crippen LogP contribution >= 0.6 is 11.6 Å². The molecule has 4 rings (SSSR count). The number of carbonyl (C=O) groups excluding carboxylic acids is 1. The van der Waals surface area contributed by atoms with Gasteiger partial charge in [-0.3, -0.25) is 14.7 Å². The summed E-state index contributed by atoms with van der Waals surface area (Å²) in [6.45, 7) is 8.36. The Morgan fingerprint density at radius 2 is 1.94 bits per heavy atom. The first-order valence-electron chi connectivity index (χ1n) is 10.8. The number of rotatable bonds is 5. The molecule has 1 fully saturated rings. The first-order chi connectivity index (χ1) is 14.9. The first-order valence-corrected chi connectivity index (χ1v) is 12.6. The van der Waals surface area contributed by atoms with Gasteiger partial charge in [0.05, 0.1) is 34.6 Å². The molecule has 0 saturated carbocycles. The van der Waals surface area contributed by atoms with Gasteiger partial charge in [-0.1, -0.05) is 11.6 Å². The van der Waals surface area contributed by atoms with Crippen molar-refractivity contribution in [1.29, 1.82) is 0 Å². The Morgan fingerprint density at radius 1 is 1.22 bits per heavy atom. The summed E-state index contributed by atoms with van der Waals surface area (Å²) in [5.74, 6) is -0.0849. The molecule has 172 valence electrons. The van der Waals surface area contributed by atoms with E-state index in [-0.39, 0.29) is 11.9 Å². The highest BCUT2D eigenvalue weighted by atomic mass is 35.5. The van der Waals surface area contributed by atoms with Crippen LogP contribution < -0.4 is 9.80 Å². The van der Waals surface area contributed by atoms with E-state index in [1.54, 1.807) is 47.6 Å². The minimum absolute atomic E-state index is 0.0406. The lowest BCUT2D eigenvalue weighted by molar-refractivity contribution is 0.0982. The number of nitrogens with zero attached hydrogens (tertiary/aromatic N) is 4. The molecule has 32 heavy (non-hydrogen) atoms. The molecule has 1 amide bonds. The smallest absolute Gasteiger partial charge is 0.259 e. The molecule has 0 radical (unpaired) electrons. The van der Waals surface area contributed by atoms with E-state index in [9.17, 15) is 13.2 Å². The number of fused-ring (bicyclic) bond motifs is 1. The van der Waals surface area contributed by atoms with Gasteiger partial charge in [-0.2, -0.15) is 4.31 Å². The lowest BCUT2D eigenvalue weighted by Crippen LogP contribution is -2.40. The average molecular weight is 477 g/mol. The van der Waals surface area contributed by atoms with Gasteiger partial charge < -0.3 is 4.90 Å². The van der Waals surface area contributed by atoms with Crippen molar-refractivity contribution in [3.63, 3.8) is 0 Å². The maximum absolute atomic E-state index is 13.2. The number of carbonyl (C=O) groups is 1. The number of likely N-dealkylation sites (N-methyl/N-ethyl adjacent to an activating group) is 1. The second kappa shape index (κ2) is 8.01. The minimum Gasteiger partial charge on any atom is -0.369 e. The van der Waals surface area contributed by atoms with Crippen LogP contribution in [0.3, 0.4) is 0 Å². The van der Waals surface area contributed by atoms with E-state index >= 15 is 0 Å². The molecule has 0 aliphatic carbocycles. The van der Waals surface area contributed by atoms with E-state index in [0.29, 0.717) is 29.4 Å². The highest BCUT2D eigenvalue weighted by Crippen LogP contribution is 2.43. The zero-order valence-corrected chi connectivity index (χ0v) is 20.6. The number of halogens is 1. The third-order valence-corrected chi connectivity index (χ3v) is 9.12. The number of anilines is 2. The number of amides is 1. The van der Waals surface area contributed by atoms with E-state index in [0.717, 1.165) is 17.7 Å². The van der Waals surface area contributed by atoms with Crippen LogP contribution in [0.2, 0.25) is 5.02 Å². The maximum atomic E-state index is 13.2. The summed E-state index contributed by atoms with van der Waals surface area (Å²) in [5, 5.41) is 0.162. The van der Waals surface area contributed by atoms with E-state index < -0.39 is 20.8 Å². The fourth-order valence-corrected chi connectivity index (χ4v) is 6.15. The van der Waals surface area contributed by atoms with E-state index in [1.165, 1.54) is 0 Å². The third-order valence-electron chi connectivity index (χ3n) is 6.64. The Bertz CT molecular complexity index is 1170. The van der Waals surface area contributed by atoms with Gasteiger partial charge in [-0.25, -0.2) is 8.42 Å². The molecule has 2 aromatic rings. The molecule has 1 atom stereocenters. The van der Waals surface area contributed by atoms with Crippen LogP contribution in [0.5, 0.6) is 0 Å². The van der Waals surface area contributed by atoms with Crippen LogP contribution in [0.4, 0.5) is 11.4 Å². The first kappa shape index (κ1) is 23.0. The van der Waals surface area contributed by atoms with Crippen LogP contribution in [-0.2, 0) is 15.6 Å². The second-order valence-corrected chi connectivity index (χ2v) is 12.2. The van der Waals surface area contributed by atoms with Gasteiger partial charge in [0.1, 0.15) is 0 Å². The van der Waals surface area contributed by atoms with Crippen molar-refractivity contribution in [1.82, 2.24) is 9.29 Å². The molecule has 1 aromatic carbocycles. The topological polar surface area (TPSA) is 73.8 Å². The Balaban J connectivity index is 1.60. The van der Waals surface area contributed by atoms with Crippen molar-refractivity contribution >= 4 is 38.9 Å². The van der Waals surface area contributed by atoms with Gasteiger partial charge in [-0.05, 0) is 63.9 Å². The number of benzene rings is 1. The maximum Gasteiger partial charge on any atom is 0.259 e. The van der Waals surface area contributed by atoms with E-state index in [4.69, 9.17) is 11.6 Å². The summed E-state index contributed by atoms with van der Waals surface area (Å²) in [5.41, 5.74) is 2.49. The SMILES string of the molecule is CC(C)S(=O)(=O)N1CC[C@@H](N(C)c2cncc(N3C(=O)c4ccc(Cl)cc4C3(C)C)c2)C1. The highest BCUT2D eigenvalue weighted by molar-refractivity contribution is 7.89. The lowest BCUT2D eigenvalue weighted by atomic mass is 9.93. The zero-order valence-electron chi connectivity index (χ0n) is 19.0. The highest BCUT2D eigenvalue weighted by Gasteiger charge is 2.44. The number of aromatic nitrogens is 1. The molecule has 0 spiro atoms. The molecule has 2 aliphatic rings. The van der Waals surface area contributed by atoms with Gasteiger partial charge >= 0.3 is 0 Å². The predicted molar refractivity (Wildman–Crippen MR) is 128 cm³/mol. The van der Waals surface area contributed by atoms with Crippen molar-refractivity contribution in [2.75, 3.05) is 29.9 Å². The summed E-state index contributed by atoms with van der Waals surface area (Å²) in [7, 11) is -1.33. The summed E-state index contributed by atoms with van der Waals surface area (Å²) in [4.78, 5) is 21.5. The summed E-state index contributed by atoms with van der Waals surface area (Å²) in [6, 6.07) is 7.34. The number of hydrogen-bond acceptors (Lipinski definition) is 5. The molecule has 0 bridgehead atoms. The lowest BCUT2D eigenvalue weighted by Gasteiger charge is -2.33. The predicted octanol–water partition coefficient (Wildman–Crippen LogP) is 3.88. The summed E-state index contributed by atoms with van der Waals surface area (Å²) < 4.78 is 26.7. The second-order valence-electron chi connectivity index (χ2n) is 9.30. The molecule has 9 heteroatoms. The Kier molecular flexibility index (Phi) is 5.76. The molecule has 3 heterocycles. The number of sulfonamides is 1. The molecule has 2 aliphatic heterocycles. The van der Waals surface area contributed by atoms with Gasteiger partial charge in [0, 0.05) is 36.8 Å². The summed E-state index contributed by atoms with van der Waals surface area (Å²) in [6.07, 6.45) is 4.18. The van der Waals surface area contributed by atoms with Crippen LogP contribution in [0.15, 0.2) is 36.7 Å². The molecule has 1 aromatic heterocycles. The molecule has 1 saturated heterocycles. The van der Waals surface area contributed by atoms with Crippen LogP contribution in [0.1, 0.15) is 50.0 Å². The van der Waals surface area contributed by atoms with Crippen molar-refractivity contribution in [2.24, 2.45) is 0 Å². The van der Waals surface area contributed by atoms with Gasteiger partial charge in [-0.15, -0.1) is 0 Å². The number of pyridine rings is 1. The number of hydrogen-bond donors (Lipinski definition) is 0. The Morgan fingerprint density at radius 3 is 2.62 bits per heavy atom. The van der Waals surface area contributed by atoms with Crippen LogP contribution in [0, 0.1) is 0 Å². The monoisotopic (exact) mass is 476 g/mol. The Hall–Kier alpha value is -2.16. The summed E-state index contributed by atoms with van der Waals surface area (Å²) >= 11 is 6.20. The fourth-order valence-electron chi connectivity index (χ4n) is 4.64. The standard InChI is InChI=1S/C23H29ClN4O3S/c1-15(2)32(30,31)27-9-8-17(14-27)26(5)18-11-19(13-25-12-18)28-22(29)20-7-6-16(24)10-21(20)23(28,3)4/h6-7,10-13,15,17H,8-9,14H2,1-5H3/t17-/m1/s1. The molecule has 0 N–H and O–H groups in total. The minimum atomic E-state index is -3.28. The quantitative estimate of drug-likeness (QED) is 0.654. The fraction of sp³-hybridized carbons (Fsp3) is 0.478. The van der Waals surface area contributed by atoms with E-state index in [2.05, 4.69) is 9.88 Å². The zero-order chi connectivity index (χ0) is 23.4. The van der Waals surface area contributed by atoms with Crippen molar-refractivity contribution in [3.8, 4) is 0 Å². The third kappa shape index (κ3) is 3.68. The van der Waals surface area contributed by atoms with Gasteiger partial charge in [0.15, 0.2) is 0 Å². The van der Waals surface area contributed by atoms with Crippen molar-refractivity contribution in [2.45, 2.75) is 50.9 Å².